The van der Waals surface area contributed by atoms with Crippen LogP contribution in [0.4, 0.5) is 11.4 Å². The third-order valence-corrected chi connectivity index (χ3v) is 7.21. The number of nitrogens with one attached hydrogen (secondary N) is 1. The molecule has 0 radical (unpaired) electrons. The van der Waals surface area contributed by atoms with E-state index in [1.165, 1.54) is 11.4 Å². The summed E-state index contributed by atoms with van der Waals surface area (Å²) in [4.78, 5) is 12.3. The van der Waals surface area contributed by atoms with Crippen LogP contribution in [0.5, 0.6) is 0 Å². The van der Waals surface area contributed by atoms with Crippen molar-refractivity contribution in [2.45, 2.75) is 4.21 Å². The van der Waals surface area contributed by atoms with Gasteiger partial charge in [-0.15, -0.1) is 11.3 Å². The molecule has 8 heteroatoms. The predicted octanol–water partition coefficient (Wildman–Crippen LogP) is 4.48. The second-order valence-electron chi connectivity index (χ2n) is 5.39. The minimum absolute atomic E-state index is 0.264. The molecule has 0 saturated heterocycles. The molecular weight excluding hydrogens is 392 g/mol. The molecule has 0 atom stereocenters. The van der Waals surface area contributed by atoms with Crippen LogP contribution < -0.4 is 9.62 Å². The van der Waals surface area contributed by atoms with Crippen LogP contribution in [-0.4, -0.2) is 21.4 Å². The smallest absolute Gasteiger partial charge is 0.273 e. The molecular formula is C18H15ClN2O3S2. The summed E-state index contributed by atoms with van der Waals surface area (Å²) in [7, 11) is -2.12. The number of nitrogens with zero attached hydrogens (tertiary/aromatic N) is 1. The number of carbonyl (C=O) groups is 1. The number of rotatable bonds is 5. The van der Waals surface area contributed by atoms with Crippen LogP contribution in [0.15, 0.2) is 70.3 Å². The molecule has 0 fully saturated rings. The SMILES string of the molecule is CN(c1ccc(C(=O)Nc2ccccc2Cl)cc1)S(=O)(=O)c1cccs1. The van der Waals surface area contributed by atoms with Crippen LogP contribution in [-0.2, 0) is 10.0 Å². The Balaban J connectivity index is 1.78. The number of anilines is 2. The third-order valence-electron chi connectivity index (χ3n) is 3.73. The van der Waals surface area contributed by atoms with Gasteiger partial charge in [-0.2, -0.15) is 0 Å². The molecule has 3 rings (SSSR count). The van der Waals surface area contributed by atoms with Gasteiger partial charge in [0.2, 0.25) is 0 Å². The summed E-state index contributed by atoms with van der Waals surface area (Å²) in [5, 5.41) is 4.88. The van der Waals surface area contributed by atoms with Crippen molar-refractivity contribution in [3.8, 4) is 0 Å². The topological polar surface area (TPSA) is 66.5 Å². The molecule has 26 heavy (non-hydrogen) atoms. The van der Waals surface area contributed by atoms with Gasteiger partial charge in [-0.1, -0.05) is 29.8 Å². The summed E-state index contributed by atoms with van der Waals surface area (Å²) >= 11 is 7.19. The average Bonchev–Trinajstić information content (AvgIpc) is 3.18. The second-order valence-corrected chi connectivity index (χ2v) is 8.94. The zero-order valence-corrected chi connectivity index (χ0v) is 16.1. The van der Waals surface area contributed by atoms with Crippen molar-refractivity contribution in [1.82, 2.24) is 0 Å². The van der Waals surface area contributed by atoms with Crippen molar-refractivity contribution >= 4 is 50.2 Å². The van der Waals surface area contributed by atoms with Crippen molar-refractivity contribution < 1.29 is 13.2 Å². The van der Waals surface area contributed by atoms with E-state index < -0.39 is 10.0 Å². The molecule has 5 nitrogen and oxygen atoms in total. The fourth-order valence-electron chi connectivity index (χ4n) is 2.26. The molecule has 134 valence electrons. The molecule has 3 aromatic rings. The molecule has 0 spiro atoms. The van der Waals surface area contributed by atoms with E-state index >= 15 is 0 Å². The molecule has 1 N–H and O–H groups in total. The Morgan fingerprint density at radius 1 is 1.04 bits per heavy atom. The Kier molecular flexibility index (Phi) is 5.31. The maximum absolute atomic E-state index is 12.5. The van der Waals surface area contributed by atoms with Crippen molar-refractivity contribution in [1.29, 1.82) is 0 Å². The number of carbonyl (C=O) groups excluding carboxylic acids is 1. The fourth-order valence-corrected chi connectivity index (χ4v) is 4.80. The quantitative estimate of drug-likeness (QED) is 0.679. The molecule has 2 aromatic carbocycles. The molecule has 0 aliphatic heterocycles. The van der Waals surface area contributed by atoms with Crippen LogP contribution in [0.3, 0.4) is 0 Å². The highest BCUT2D eigenvalue weighted by molar-refractivity contribution is 7.94. The van der Waals surface area contributed by atoms with Crippen LogP contribution >= 0.6 is 22.9 Å². The first kappa shape index (κ1) is 18.4. The largest absolute Gasteiger partial charge is 0.321 e. The van der Waals surface area contributed by atoms with Crippen LogP contribution in [0.25, 0.3) is 0 Å². The number of hydrogen-bond donors (Lipinski definition) is 1. The molecule has 1 aromatic heterocycles. The molecule has 0 aliphatic carbocycles. The molecule has 1 heterocycles. The third kappa shape index (κ3) is 3.75. The van der Waals surface area contributed by atoms with Crippen LogP contribution in [0.1, 0.15) is 10.4 Å². The Bertz CT molecular complexity index is 1020. The van der Waals surface area contributed by atoms with Gasteiger partial charge in [-0.25, -0.2) is 8.42 Å². The van der Waals surface area contributed by atoms with Gasteiger partial charge in [0.15, 0.2) is 0 Å². The minimum Gasteiger partial charge on any atom is -0.321 e. The lowest BCUT2D eigenvalue weighted by molar-refractivity contribution is 0.102. The van der Waals surface area contributed by atoms with Gasteiger partial charge in [0, 0.05) is 12.6 Å². The number of halogens is 1. The maximum Gasteiger partial charge on any atom is 0.273 e. The first-order valence-electron chi connectivity index (χ1n) is 7.58. The Morgan fingerprint density at radius 2 is 1.73 bits per heavy atom. The molecule has 1 amide bonds. The molecule has 0 bridgehead atoms. The van der Waals surface area contributed by atoms with E-state index in [1.54, 1.807) is 66.0 Å². The summed E-state index contributed by atoms with van der Waals surface area (Å²) in [6.45, 7) is 0. The first-order valence-corrected chi connectivity index (χ1v) is 10.3. The normalized spacial score (nSPS) is 11.2. The number of amides is 1. The number of para-hydroxylation sites is 1. The summed E-state index contributed by atoms with van der Waals surface area (Å²) in [5.74, 6) is -0.326. The minimum atomic E-state index is -3.60. The highest BCUT2D eigenvalue weighted by Gasteiger charge is 2.22. The standard InChI is InChI=1S/C18H15ClN2O3S2/c1-21(26(23,24)17-7-4-12-25-17)14-10-8-13(9-11-14)18(22)20-16-6-3-2-5-15(16)19/h2-12H,1H3,(H,20,22). The van der Waals surface area contributed by atoms with Gasteiger partial charge in [0.1, 0.15) is 4.21 Å². The Hall–Kier alpha value is -2.35. The summed E-state index contributed by atoms with van der Waals surface area (Å²) in [6.07, 6.45) is 0. The summed E-state index contributed by atoms with van der Waals surface area (Å²) in [6, 6.07) is 16.5. The van der Waals surface area contributed by atoms with Gasteiger partial charge in [-0.05, 0) is 47.8 Å². The van der Waals surface area contributed by atoms with E-state index in [1.807, 2.05) is 0 Å². The Morgan fingerprint density at radius 3 is 2.35 bits per heavy atom. The van der Waals surface area contributed by atoms with E-state index in [4.69, 9.17) is 11.6 Å². The first-order chi connectivity index (χ1) is 12.4. The second kappa shape index (κ2) is 7.49. The van der Waals surface area contributed by atoms with Crippen molar-refractivity contribution in [3.05, 3.63) is 76.6 Å². The monoisotopic (exact) mass is 406 g/mol. The Labute approximate surface area is 160 Å². The molecule has 0 unspecified atom stereocenters. The number of thiophene rings is 1. The van der Waals surface area contributed by atoms with Crippen molar-refractivity contribution in [2.75, 3.05) is 16.7 Å². The summed E-state index contributed by atoms with van der Waals surface area (Å²) in [5.41, 5.74) is 1.38. The van der Waals surface area contributed by atoms with E-state index in [0.29, 0.717) is 22.0 Å². The lowest BCUT2D eigenvalue weighted by Crippen LogP contribution is -2.25. The molecule has 0 aliphatic rings. The van der Waals surface area contributed by atoms with Gasteiger partial charge < -0.3 is 5.32 Å². The van der Waals surface area contributed by atoms with Crippen molar-refractivity contribution in [3.63, 3.8) is 0 Å². The highest BCUT2D eigenvalue weighted by atomic mass is 35.5. The highest BCUT2D eigenvalue weighted by Crippen LogP contribution is 2.26. The van der Waals surface area contributed by atoms with Gasteiger partial charge in [-0.3, -0.25) is 9.10 Å². The van der Waals surface area contributed by atoms with Crippen LogP contribution in [0.2, 0.25) is 5.02 Å². The van der Waals surface area contributed by atoms with Gasteiger partial charge in [0.05, 0.1) is 16.4 Å². The van der Waals surface area contributed by atoms with Gasteiger partial charge >= 0.3 is 0 Å². The fraction of sp³-hybridized carbons (Fsp3) is 0.0556. The van der Waals surface area contributed by atoms with E-state index in [9.17, 15) is 13.2 Å². The number of sulfonamides is 1. The number of benzene rings is 2. The number of hydrogen-bond acceptors (Lipinski definition) is 4. The molecule has 0 saturated carbocycles. The maximum atomic E-state index is 12.5. The van der Waals surface area contributed by atoms with Gasteiger partial charge in [0.25, 0.3) is 15.9 Å². The zero-order chi connectivity index (χ0) is 18.7. The van der Waals surface area contributed by atoms with E-state index in [0.717, 1.165) is 11.3 Å². The lowest BCUT2D eigenvalue weighted by Gasteiger charge is -2.18. The zero-order valence-electron chi connectivity index (χ0n) is 13.7. The van der Waals surface area contributed by atoms with Crippen LogP contribution in [0, 0.1) is 0 Å². The lowest BCUT2D eigenvalue weighted by atomic mass is 10.2. The summed E-state index contributed by atoms with van der Waals surface area (Å²) < 4.78 is 26.5. The predicted molar refractivity (Wildman–Crippen MR) is 106 cm³/mol. The van der Waals surface area contributed by atoms with Crippen molar-refractivity contribution in [2.24, 2.45) is 0 Å². The average molecular weight is 407 g/mol. The van der Waals surface area contributed by atoms with E-state index in [-0.39, 0.29) is 10.1 Å². The van der Waals surface area contributed by atoms with E-state index in [2.05, 4.69) is 5.32 Å².